The molecule has 0 spiro atoms. The predicted octanol–water partition coefficient (Wildman–Crippen LogP) is 1.15. The van der Waals surface area contributed by atoms with Crippen molar-refractivity contribution in [2.45, 2.75) is 20.4 Å². The van der Waals surface area contributed by atoms with E-state index in [1.54, 1.807) is 11.6 Å². The summed E-state index contributed by atoms with van der Waals surface area (Å²) in [7, 11) is 1.83. The van der Waals surface area contributed by atoms with Gasteiger partial charge in [0.05, 0.1) is 23.3 Å². The van der Waals surface area contributed by atoms with E-state index in [1.807, 2.05) is 14.0 Å². The Labute approximate surface area is 123 Å². The number of hydrogen-bond donors (Lipinski definition) is 2. The van der Waals surface area contributed by atoms with E-state index in [0.29, 0.717) is 22.3 Å². The molecule has 0 bridgehead atoms. The fraction of sp³-hybridized carbons (Fsp3) is 0.333. The van der Waals surface area contributed by atoms with Crippen molar-refractivity contribution in [3.63, 3.8) is 0 Å². The summed E-state index contributed by atoms with van der Waals surface area (Å²) in [5, 5.41) is 11.6. The highest BCUT2D eigenvalue weighted by atomic mass is 32.1. The maximum atomic E-state index is 12.2. The minimum Gasteiger partial charge on any atom is -0.397 e. The molecular weight excluding hydrogens is 292 g/mol. The molecule has 8 nitrogen and oxygen atoms in total. The van der Waals surface area contributed by atoms with Gasteiger partial charge in [-0.2, -0.15) is 10.1 Å². The molecule has 0 radical (unpaired) electrons. The van der Waals surface area contributed by atoms with Gasteiger partial charge in [0.1, 0.15) is 9.71 Å². The molecule has 0 unspecified atom stereocenters. The van der Waals surface area contributed by atoms with Crippen LogP contribution >= 0.6 is 11.3 Å². The van der Waals surface area contributed by atoms with Gasteiger partial charge < -0.3 is 15.6 Å². The number of anilines is 1. The third kappa shape index (κ3) is 2.25. The molecule has 3 aromatic rings. The summed E-state index contributed by atoms with van der Waals surface area (Å²) in [4.78, 5) is 17.6. The number of carbonyl (C=O) groups excluding carboxylic acids is 1. The van der Waals surface area contributed by atoms with Crippen LogP contribution in [0.2, 0.25) is 0 Å². The van der Waals surface area contributed by atoms with Crippen LogP contribution in [0.25, 0.3) is 10.2 Å². The number of nitrogens with zero attached hydrogens (tertiary/aromatic N) is 4. The maximum absolute atomic E-state index is 12.2. The van der Waals surface area contributed by atoms with Gasteiger partial charge >= 0.3 is 0 Å². The van der Waals surface area contributed by atoms with Gasteiger partial charge in [-0.3, -0.25) is 9.48 Å². The number of carbonyl (C=O) groups is 1. The van der Waals surface area contributed by atoms with Crippen LogP contribution in [-0.2, 0) is 13.6 Å². The normalized spacial score (nSPS) is 11.2. The largest absolute Gasteiger partial charge is 0.397 e. The monoisotopic (exact) mass is 306 g/mol. The van der Waals surface area contributed by atoms with Gasteiger partial charge in [0, 0.05) is 14.0 Å². The van der Waals surface area contributed by atoms with Crippen LogP contribution in [0.15, 0.2) is 4.52 Å². The van der Waals surface area contributed by atoms with E-state index in [-0.39, 0.29) is 12.5 Å². The average Bonchev–Trinajstić information content (AvgIpc) is 3.06. The highest BCUT2D eigenvalue weighted by molar-refractivity contribution is 7.21. The number of rotatable bonds is 3. The second-order valence-electron chi connectivity index (χ2n) is 4.65. The molecule has 0 saturated heterocycles. The summed E-state index contributed by atoms with van der Waals surface area (Å²) < 4.78 is 6.57. The van der Waals surface area contributed by atoms with Crippen molar-refractivity contribution in [2.24, 2.45) is 7.05 Å². The standard InChI is InChI=1S/C12H14N6O2S/c1-5-8-9(13)10(21-12(8)18(3)16-5)11(19)14-4-7-15-6(2)20-17-7/h4,13H2,1-3H3,(H,14,19). The molecule has 3 rings (SSSR count). The third-order valence-corrected chi connectivity index (χ3v) is 4.34. The van der Waals surface area contributed by atoms with Gasteiger partial charge in [-0.1, -0.05) is 5.16 Å². The lowest BCUT2D eigenvalue weighted by atomic mass is 10.2. The van der Waals surface area contributed by atoms with E-state index in [4.69, 9.17) is 10.3 Å². The number of aryl methyl sites for hydroxylation is 3. The van der Waals surface area contributed by atoms with Gasteiger partial charge in [0.2, 0.25) is 5.89 Å². The molecule has 0 atom stereocenters. The Morgan fingerprint density at radius 2 is 2.24 bits per heavy atom. The molecule has 0 saturated carbocycles. The van der Waals surface area contributed by atoms with E-state index >= 15 is 0 Å². The molecule has 3 aromatic heterocycles. The Morgan fingerprint density at radius 3 is 2.86 bits per heavy atom. The second-order valence-corrected chi connectivity index (χ2v) is 5.65. The Kier molecular flexibility index (Phi) is 3.13. The van der Waals surface area contributed by atoms with Crippen molar-refractivity contribution in [3.8, 4) is 0 Å². The minimum absolute atomic E-state index is 0.196. The quantitative estimate of drug-likeness (QED) is 0.750. The van der Waals surface area contributed by atoms with Crippen LogP contribution in [0.5, 0.6) is 0 Å². The van der Waals surface area contributed by atoms with Crippen molar-refractivity contribution in [2.75, 3.05) is 5.73 Å². The van der Waals surface area contributed by atoms with Crippen LogP contribution in [0.1, 0.15) is 27.1 Å². The zero-order chi connectivity index (χ0) is 15.1. The molecule has 3 heterocycles. The van der Waals surface area contributed by atoms with Crippen LogP contribution in [0.4, 0.5) is 5.69 Å². The number of thiophene rings is 1. The lowest BCUT2D eigenvalue weighted by Crippen LogP contribution is -2.23. The fourth-order valence-corrected chi connectivity index (χ4v) is 3.25. The lowest BCUT2D eigenvalue weighted by molar-refractivity contribution is 0.0954. The molecule has 0 aliphatic carbocycles. The summed E-state index contributed by atoms with van der Waals surface area (Å²) in [6, 6.07) is 0. The maximum Gasteiger partial charge on any atom is 0.263 e. The first kappa shape index (κ1) is 13.6. The molecule has 0 fully saturated rings. The van der Waals surface area contributed by atoms with Crippen LogP contribution in [-0.4, -0.2) is 25.8 Å². The van der Waals surface area contributed by atoms with Crippen molar-refractivity contribution in [1.82, 2.24) is 25.2 Å². The van der Waals surface area contributed by atoms with Crippen LogP contribution in [0, 0.1) is 13.8 Å². The average molecular weight is 306 g/mol. The predicted molar refractivity (Wildman–Crippen MR) is 77.9 cm³/mol. The first-order chi connectivity index (χ1) is 9.97. The summed E-state index contributed by atoms with van der Waals surface area (Å²) in [5.41, 5.74) is 7.35. The molecule has 0 aromatic carbocycles. The molecule has 9 heteroatoms. The van der Waals surface area contributed by atoms with Gasteiger partial charge in [-0.15, -0.1) is 11.3 Å². The molecule has 21 heavy (non-hydrogen) atoms. The molecular formula is C12H14N6O2S. The summed E-state index contributed by atoms with van der Waals surface area (Å²) in [5.74, 6) is 0.635. The number of fused-ring (bicyclic) bond motifs is 1. The van der Waals surface area contributed by atoms with Gasteiger partial charge in [-0.25, -0.2) is 0 Å². The van der Waals surface area contributed by atoms with E-state index < -0.39 is 0 Å². The Bertz CT molecular complexity index is 830. The van der Waals surface area contributed by atoms with Gasteiger partial charge in [0.25, 0.3) is 5.91 Å². The number of amides is 1. The zero-order valence-electron chi connectivity index (χ0n) is 11.8. The summed E-state index contributed by atoms with van der Waals surface area (Å²) in [6.45, 7) is 3.76. The number of nitrogens with two attached hydrogens (primary N) is 1. The smallest absolute Gasteiger partial charge is 0.263 e. The molecule has 3 N–H and O–H groups in total. The first-order valence-corrected chi connectivity index (χ1v) is 7.08. The fourth-order valence-electron chi connectivity index (χ4n) is 2.15. The molecule has 0 aliphatic heterocycles. The van der Waals surface area contributed by atoms with E-state index in [1.165, 1.54) is 11.3 Å². The van der Waals surface area contributed by atoms with Gasteiger partial charge in [-0.05, 0) is 6.92 Å². The van der Waals surface area contributed by atoms with E-state index in [2.05, 4.69) is 20.6 Å². The summed E-state index contributed by atoms with van der Waals surface area (Å²) >= 11 is 1.32. The van der Waals surface area contributed by atoms with Crippen molar-refractivity contribution in [1.29, 1.82) is 0 Å². The number of hydrogen-bond acceptors (Lipinski definition) is 7. The topological polar surface area (TPSA) is 112 Å². The molecule has 1 amide bonds. The Morgan fingerprint density at radius 1 is 1.48 bits per heavy atom. The number of aromatic nitrogens is 4. The Hall–Kier alpha value is -2.42. The number of nitrogen functional groups attached to an aromatic ring is 1. The van der Waals surface area contributed by atoms with Gasteiger partial charge in [0.15, 0.2) is 5.82 Å². The SMILES string of the molecule is Cc1nc(CNC(=O)c2sc3c(c(C)nn3C)c2N)no1. The van der Waals surface area contributed by atoms with Crippen LogP contribution in [0.3, 0.4) is 0 Å². The van der Waals surface area contributed by atoms with E-state index in [9.17, 15) is 4.79 Å². The van der Waals surface area contributed by atoms with E-state index in [0.717, 1.165) is 15.9 Å². The highest BCUT2D eigenvalue weighted by Gasteiger charge is 2.21. The second kappa shape index (κ2) is 4.85. The van der Waals surface area contributed by atoms with Crippen molar-refractivity contribution < 1.29 is 9.32 Å². The molecule has 110 valence electrons. The Balaban J connectivity index is 1.84. The zero-order valence-corrected chi connectivity index (χ0v) is 12.6. The first-order valence-electron chi connectivity index (χ1n) is 6.26. The highest BCUT2D eigenvalue weighted by Crippen LogP contribution is 2.35. The number of nitrogens with one attached hydrogen (secondary N) is 1. The van der Waals surface area contributed by atoms with Crippen molar-refractivity contribution in [3.05, 3.63) is 22.3 Å². The van der Waals surface area contributed by atoms with Crippen LogP contribution < -0.4 is 11.1 Å². The summed E-state index contributed by atoms with van der Waals surface area (Å²) in [6.07, 6.45) is 0. The minimum atomic E-state index is -0.254. The lowest BCUT2D eigenvalue weighted by Gasteiger charge is -2.01. The third-order valence-electron chi connectivity index (χ3n) is 3.07. The van der Waals surface area contributed by atoms with Crippen molar-refractivity contribution >= 4 is 33.1 Å². The molecule has 0 aliphatic rings.